The van der Waals surface area contributed by atoms with E-state index in [4.69, 9.17) is 4.74 Å². The Morgan fingerprint density at radius 1 is 1.06 bits per heavy atom. The minimum atomic E-state index is -1.15. The summed E-state index contributed by atoms with van der Waals surface area (Å²) in [6.45, 7) is 9.60. The average Bonchev–Trinajstić information content (AvgIpc) is 3.04. The fraction of sp³-hybridized carbons (Fsp3) is 0.931. The Bertz CT molecular complexity index is 875. The highest BCUT2D eigenvalue weighted by Crippen LogP contribution is 2.71. The Morgan fingerprint density at radius 2 is 1.77 bits per heavy atom. The fourth-order valence-electron chi connectivity index (χ4n) is 9.73. The van der Waals surface area contributed by atoms with Gasteiger partial charge in [-0.1, -0.05) is 20.8 Å². The molecule has 10 atom stereocenters. The summed E-state index contributed by atoms with van der Waals surface area (Å²) in [4.78, 5) is 26.5. The van der Waals surface area contributed by atoms with Gasteiger partial charge in [0.15, 0.2) is 0 Å². The maximum absolute atomic E-state index is 13.7. The number of aliphatic hydroxyl groups excluding tert-OH is 2. The first-order valence-electron chi connectivity index (χ1n) is 14.1. The molecule has 1 saturated heterocycles. The van der Waals surface area contributed by atoms with Gasteiger partial charge in [0.25, 0.3) is 0 Å². The minimum absolute atomic E-state index is 0.00351. The van der Waals surface area contributed by atoms with Gasteiger partial charge in [-0.2, -0.15) is 0 Å². The summed E-state index contributed by atoms with van der Waals surface area (Å²) < 4.78 is 6.42. The molecule has 1 spiro atoms. The third kappa shape index (κ3) is 3.67. The van der Waals surface area contributed by atoms with Gasteiger partial charge in [-0.15, -0.1) is 0 Å². The summed E-state index contributed by atoms with van der Waals surface area (Å²) in [5.74, 6) is 1.38. The number of rotatable bonds is 5. The first kappa shape index (κ1) is 25.7. The molecule has 10 unspecified atom stereocenters. The van der Waals surface area contributed by atoms with E-state index >= 15 is 0 Å². The SMILES string of the molecule is CC(CCC(O)C(C)(C)O)C1C(O)CC23C(=O)OC4(CCC12)CC1CCC(=O)C(C)(C)C1CCC43. The van der Waals surface area contributed by atoms with Crippen LogP contribution in [0, 0.1) is 46.3 Å². The number of carbonyl (C=O) groups excluding carboxylic acids is 2. The maximum Gasteiger partial charge on any atom is 0.313 e. The summed E-state index contributed by atoms with van der Waals surface area (Å²) in [6, 6.07) is 0. The second-order valence-corrected chi connectivity index (χ2v) is 14.1. The predicted octanol–water partition coefficient (Wildman–Crippen LogP) is 4.03. The molecule has 198 valence electrons. The Balaban J connectivity index is 1.41. The van der Waals surface area contributed by atoms with Crippen molar-refractivity contribution in [1.29, 1.82) is 0 Å². The first-order valence-corrected chi connectivity index (χ1v) is 14.1. The Hall–Kier alpha value is -0.980. The maximum atomic E-state index is 13.7. The van der Waals surface area contributed by atoms with Crippen molar-refractivity contribution in [2.45, 2.75) is 122 Å². The monoisotopic (exact) mass is 490 g/mol. The highest BCUT2D eigenvalue weighted by atomic mass is 16.6. The molecule has 3 N–H and O–H groups in total. The molecule has 1 aliphatic heterocycles. The van der Waals surface area contributed by atoms with Crippen molar-refractivity contribution < 1.29 is 29.6 Å². The number of hydrogen-bond acceptors (Lipinski definition) is 6. The number of ketones is 1. The lowest BCUT2D eigenvalue weighted by atomic mass is 9.54. The second-order valence-electron chi connectivity index (χ2n) is 14.1. The third-order valence-corrected chi connectivity index (χ3v) is 11.6. The van der Waals surface area contributed by atoms with Crippen molar-refractivity contribution in [3.63, 3.8) is 0 Å². The number of aliphatic hydroxyl groups is 3. The lowest BCUT2D eigenvalue weighted by Crippen LogP contribution is -2.49. The predicted molar refractivity (Wildman–Crippen MR) is 131 cm³/mol. The van der Waals surface area contributed by atoms with Gasteiger partial charge in [0.05, 0.1) is 23.2 Å². The quantitative estimate of drug-likeness (QED) is 0.503. The molecule has 0 aromatic carbocycles. The molecule has 5 rings (SSSR count). The van der Waals surface area contributed by atoms with Gasteiger partial charge in [-0.3, -0.25) is 9.59 Å². The molecular formula is C29H46O6. The molecule has 6 nitrogen and oxygen atoms in total. The zero-order chi connectivity index (χ0) is 25.6. The van der Waals surface area contributed by atoms with E-state index in [-0.39, 0.29) is 35.1 Å². The van der Waals surface area contributed by atoms with Crippen molar-refractivity contribution in [3.8, 4) is 0 Å². The minimum Gasteiger partial charge on any atom is -0.458 e. The van der Waals surface area contributed by atoms with E-state index in [0.29, 0.717) is 43.3 Å². The van der Waals surface area contributed by atoms with E-state index in [2.05, 4.69) is 20.8 Å². The van der Waals surface area contributed by atoms with E-state index in [1.54, 1.807) is 13.8 Å². The lowest BCUT2D eigenvalue weighted by molar-refractivity contribution is -0.156. The van der Waals surface area contributed by atoms with Crippen molar-refractivity contribution in [2.75, 3.05) is 0 Å². The van der Waals surface area contributed by atoms with Gasteiger partial charge in [-0.05, 0) is 101 Å². The van der Waals surface area contributed by atoms with Gasteiger partial charge in [-0.25, -0.2) is 0 Å². The normalized spacial score (nSPS) is 46.2. The van der Waals surface area contributed by atoms with Crippen molar-refractivity contribution in [3.05, 3.63) is 0 Å². The number of hydrogen-bond donors (Lipinski definition) is 3. The molecule has 0 radical (unpaired) electrons. The van der Waals surface area contributed by atoms with Gasteiger partial charge in [0, 0.05) is 17.8 Å². The topological polar surface area (TPSA) is 104 Å². The van der Waals surface area contributed by atoms with Gasteiger partial charge < -0.3 is 20.1 Å². The average molecular weight is 491 g/mol. The summed E-state index contributed by atoms with van der Waals surface area (Å²) in [5.41, 5.74) is -2.52. The van der Waals surface area contributed by atoms with Gasteiger partial charge >= 0.3 is 5.97 Å². The third-order valence-electron chi connectivity index (χ3n) is 11.6. The van der Waals surface area contributed by atoms with Crippen LogP contribution in [0.4, 0.5) is 0 Å². The molecule has 5 aliphatic rings. The van der Waals surface area contributed by atoms with Crippen LogP contribution in [0.1, 0.15) is 98.8 Å². The van der Waals surface area contributed by atoms with Crippen LogP contribution in [0.25, 0.3) is 0 Å². The number of carbonyl (C=O) groups is 2. The molecular weight excluding hydrogens is 444 g/mol. The molecule has 6 heteroatoms. The van der Waals surface area contributed by atoms with Crippen LogP contribution in [-0.2, 0) is 14.3 Å². The van der Waals surface area contributed by atoms with Crippen molar-refractivity contribution >= 4 is 11.8 Å². The molecule has 0 amide bonds. The summed E-state index contributed by atoms with van der Waals surface area (Å²) in [5, 5.41) is 31.9. The number of fused-ring (bicyclic) bond motifs is 1. The van der Waals surface area contributed by atoms with E-state index in [0.717, 1.165) is 38.5 Å². The molecule has 4 aliphatic carbocycles. The summed E-state index contributed by atoms with van der Waals surface area (Å²) >= 11 is 0. The summed E-state index contributed by atoms with van der Waals surface area (Å²) in [7, 11) is 0. The lowest BCUT2D eigenvalue weighted by Gasteiger charge is -2.47. The van der Waals surface area contributed by atoms with E-state index in [9.17, 15) is 24.9 Å². The van der Waals surface area contributed by atoms with E-state index in [1.807, 2.05) is 0 Å². The van der Waals surface area contributed by atoms with Crippen molar-refractivity contribution in [2.24, 2.45) is 46.3 Å². The number of Topliss-reactive ketones (excluding diaryl/α,β-unsaturated/α-hetero) is 1. The van der Waals surface area contributed by atoms with Crippen molar-refractivity contribution in [1.82, 2.24) is 0 Å². The van der Waals surface area contributed by atoms with Crippen LogP contribution in [-0.4, -0.2) is 50.5 Å². The zero-order valence-corrected chi connectivity index (χ0v) is 22.3. The van der Waals surface area contributed by atoms with Crippen LogP contribution < -0.4 is 0 Å². The fourth-order valence-corrected chi connectivity index (χ4v) is 9.73. The molecule has 4 saturated carbocycles. The summed E-state index contributed by atoms with van der Waals surface area (Å²) in [6.07, 6.45) is 6.27. The molecule has 5 fully saturated rings. The molecule has 0 aromatic heterocycles. The first-order chi connectivity index (χ1) is 16.2. The van der Waals surface area contributed by atoms with Crippen LogP contribution >= 0.6 is 0 Å². The zero-order valence-electron chi connectivity index (χ0n) is 22.3. The highest BCUT2D eigenvalue weighted by molar-refractivity contribution is 5.85. The molecule has 1 heterocycles. The second kappa shape index (κ2) is 8.26. The Labute approximate surface area is 210 Å². The number of ether oxygens (including phenoxy) is 1. The Kier molecular flexibility index (Phi) is 6.06. The van der Waals surface area contributed by atoms with Crippen LogP contribution in [0.5, 0.6) is 0 Å². The smallest absolute Gasteiger partial charge is 0.313 e. The molecule has 2 bridgehead atoms. The number of esters is 1. The Morgan fingerprint density at radius 3 is 2.46 bits per heavy atom. The van der Waals surface area contributed by atoms with Gasteiger partial charge in [0.2, 0.25) is 0 Å². The van der Waals surface area contributed by atoms with E-state index in [1.165, 1.54) is 0 Å². The molecule has 35 heavy (non-hydrogen) atoms. The standard InChI is InChI=1S/C29H46O6/c1-16(6-10-23(32)27(4,5)34)24-19-12-13-28-14-17-7-11-22(31)26(2,3)18(17)8-9-21(28)29(19,15-20(24)30)25(33)35-28/h16-21,23-24,30,32,34H,6-15H2,1-5H3. The van der Waals surface area contributed by atoms with Crippen LogP contribution in [0.15, 0.2) is 0 Å². The van der Waals surface area contributed by atoms with Crippen LogP contribution in [0.3, 0.4) is 0 Å². The van der Waals surface area contributed by atoms with Crippen LogP contribution in [0.2, 0.25) is 0 Å². The molecule has 0 aromatic rings. The van der Waals surface area contributed by atoms with Gasteiger partial charge in [0.1, 0.15) is 11.4 Å². The highest BCUT2D eigenvalue weighted by Gasteiger charge is 2.75. The van der Waals surface area contributed by atoms with E-state index < -0.39 is 28.8 Å². The largest absolute Gasteiger partial charge is 0.458 e.